The summed E-state index contributed by atoms with van der Waals surface area (Å²) in [6.45, 7) is 1.01. The van der Waals surface area contributed by atoms with E-state index < -0.39 is 0 Å². The van der Waals surface area contributed by atoms with Gasteiger partial charge in [-0.25, -0.2) is 4.79 Å². The Bertz CT molecular complexity index is 856. The van der Waals surface area contributed by atoms with E-state index in [0.717, 1.165) is 16.7 Å². The normalized spacial score (nSPS) is 15.3. The molecule has 1 heterocycles. The highest BCUT2D eigenvalue weighted by Crippen LogP contribution is 2.46. The second-order valence-corrected chi connectivity index (χ2v) is 6.73. The first-order chi connectivity index (χ1) is 13.2. The van der Waals surface area contributed by atoms with Gasteiger partial charge < -0.3 is 23.7 Å². The van der Waals surface area contributed by atoms with Crippen LogP contribution in [0.5, 0.6) is 17.2 Å². The predicted molar refractivity (Wildman–Crippen MR) is 98.3 cm³/mol. The minimum Gasteiger partial charge on any atom is -0.493 e. The van der Waals surface area contributed by atoms with E-state index in [9.17, 15) is 4.79 Å². The maximum atomic E-state index is 11.7. The molecule has 142 valence electrons. The van der Waals surface area contributed by atoms with E-state index in [-0.39, 0.29) is 19.4 Å². The summed E-state index contributed by atoms with van der Waals surface area (Å²) in [5.74, 6) is 2.08. The minimum atomic E-state index is -0.282. The van der Waals surface area contributed by atoms with Crippen molar-refractivity contribution in [3.8, 4) is 28.4 Å². The van der Waals surface area contributed by atoms with Crippen LogP contribution in [0.4, 0.5) is 0 Å². The van der Waals surface area contributed by atoms with Crippen molar-refractivity contribution in [3.05, 3.63) is 41.5 Å². The molecule has 1 aliphatic carbocycles. The molecule has 1 aliphatic heterocycles. The first-order valence-corrected chi connectivity index (χ1v) is 8.97. The molecule has 0 spiro atoms. The average Bonchev–Trinajstić information content (AvgIpc) is 3.46. The van der Waals surface area contributed by atoms with E-state index in [1.807, 2.05) is 24.3 Å². The van der Waals surface area contributed by atoms with Gasteiger partial charge in [-0.1, -0.05) is 6.07 Å². The van der Waals surface area contributed by atoms with Gasteiger partial charge >= 0.3 is 5.97 Å². The molecule has 6 heteroatoms. The van der Waals surface area contributed by atoms with E-state index in [1.54, 1.807) is 20.3 Å². The third kappa shape index (κ3) is 3.57. The fourth-order valence-corrected chi connectivity index (χ4v) is 3.12. The molecule has 27 heavy (non-hydrogen) atoms. The zero-order valence-corrected chi connectivity index (χ0v) is 15.4. The first-order valence-electron chi connectivity index (χ1n) is 8.97. The lowest BCUT2D eigenvalue weighted by molar-refractivity contribution is 0.0485. The molecule has 0 radical (unpaired) electrons. The minimum absolute atomic E-state index is 0.0898. The van der Waals surface area contributed by atoms with Gasteiger partial charge in [0.1, 0.15) is 6.61 Å². The topological polar surface area (TPSA) is 63.2 Å². The Morgan fingerprint density at radius 3 is 2.59 bits per heavy atom. The summed E-state index contributed by atoms with van der Waals surface area (Å²) in [5.41, 5.74) is 3.24. The summed E-state index contributed by atoms with van der Waals surface area (Å²) >= 11 is 0. The molecule has 1 saturated carbocycles. The number of hydrogen-bond acceptors (Lipinski definition) is 6. The summed E-state index contributed by atoms with van der Waals surface area (Å²) in [7, 11) is 3.18. The Labute approximate surface area is 157 Å². The second-order valence-electron chi connectivity index (χ2n) is 6.73. The Balaban J connectivity index is 1.76. The Hall–Kier alpha value is -2.73. The quantitative estimate of drug-likeness (QED) is 0.520. The lowest BCUT2D eigenvalue weighted by Crippen LogP contribution is -2.07. The van der Waals surface area contributed by atoms with Gasteiger partial charge in [-0.15, -0.1) is 0 Å². The number of carbonyl (C=O) groups excluding carboxylic acids is 1. The number of esters is 1. The predicted octanol–water partition coefficient (Wildman–Crippen LogP) is 3.80. The lowest BCUT2D eigenvalue weighted by Gasteiger charge is -2.19. The molecule has 0 amide bonds. The highest BCUT2D eigenvalue weighted by molar-refractivity contribution is 5.94. The van der Waals surface area contributed by atoms with Crippen molar-refractivity contribution in [2.24, 2.45) is 5.92 Å². The van der Waals surface area contributed by atoms with Gasteiger partial charge in [-0.05, 0) is 48.6 Å². The van der Waals surface area contributed by atoms with Gasteiger partial charge in [0, 0.05) is 18.2 Å². The van der Waals surface area contributed by atoms with Crippen molar-refractivity contribution in [2.75, 3.05) is 27.6 Å². The van der Waals surface area contributed by atoms with Crippen LogP contribution in [0.3, 0.4) is 0 Å². The number of carbonyl (C=O) groups is 1. The van der Waals surface area contributed by atoms with Crippen LogP contribution in [0.1, 0.15) is 28.8 Å². The van der Waals surface area contributed by atoms with E-state index in [1.165, 1.54) is 12.8 Å². The smallest absolute Gasteiger partial charge is 0.338 e. The Morgan fingerprint density at radius 2 is 1.85 bits per heavy atom. The van der Waals surface area contributed by atoms with Crippen molar-refractivity contribution < 1.29 is 28.5 Å². The lowest BCUT2D eigenvalue weighted by atomic mass is 9.99. The summed E-state index contributed by atoms with van der Waals surface area (Å²) in [6.07, 6.45) is 2.38. The van der Waals surface area contributed by atoms with Gasteiger partial charge in [-0.3, -0.25) is 0 Å². The molecule has 0 saturated heterocycles. The van der Waals surface area contributed by atoms with Crippen LogP contribution in [0.2, 0.25) is 0 Å². The molecular weight excluding hydrogens is 348 g/mol. The molecule has 2 aromatic rings. The third-order valence-corrected chi connectivity index (χ3v) is 4.77. The molecule has 0 atom stereocenters. The zero-order chi connectivity index (χ0) is 18.8. The van der Waals surface area contributed by atoms with Gasteiger partial charge in [0.25, 0.3) is 0 Å². The zero-order valence-electron chi connectivity index (χ0n) is 15.4. The second kappa shape index (κ2) is 7.48. The fourth-order valence-electron chi connectivity index (χ4n) is 3.12. The molecular formula is C21H22O6. The monoisotopic (exact) mass is 370 g/mol. The van der Waals surface area contributed by atoms with Crippen molar-refractivity contribution in [2.45, 2.75) is 19.4 Å². The third-order valence-electron chi connectivity index (χ3n) is 4.77. The van der Waals surface area contributed by atoms with Crippen LogP contribution >= 0.6 is 0 Å². The van der Waals surface area contributed by atoms with E-state index in [4.69, 9.17) is 23.7 Å². The highest BCUT2D eigenvalue weighted by atomic mass is 16.7. The number of hydrogen-bond donors (Lipinski definition) is 0. The molecule has 0 N–H and O–H groups in total. The SMILES string of the molecule is COCOc1c(-c2ccc3c(c2)COC3=O)ccc(OC)c1OCC1CC1. The fraction of sp³-hybridized carbons (Fsp3) is 0.381. The average molecular weight is 370 g/mol. The molecule has 0 bridgehead atoms. The Morgan fingerprint density at radius 1 is 1.04 bits per heavy atom. The number of methoxy groups -OCH3 is 2. The van der Waals surface area contributed by atoms with Gasteiger partial charge in [0.05, 0.1) is 19.3 Å². The van der Waals surface area contributed by atoms with Crippen LogP contribution in [0, 0.1) is 5.92 Å². The summed E-state index contributed by atoms with van der Waals surface area (Å²) in [6, 6.07) is 9.41. The van der Waals surface area contributed by atoms with Crippen LogP contribution < -0.4 is 14.2 Å². The van der Waals surface area contributed by atoms with Gasteiger partial charge in [0.15, 0.2) is 18.3 Å². The van der Waals surface area contributed by atoms with Crippen LogP contribution in [-0.4, -0.2) is 33.6 Å². The summed E-state index contributed by atoms with van der Waals surface area (Å²) < 4.78 is 27.7. The Kier molecular flexibility index (Phi) is 4.90. The van der Waals surface area contributed by atoms with E-state index in [0.29, 0.717) is 35.3 Å². The van der Waals surface area contributed by atoms with E-state index >= 15 is 0 Å². The molecule has 6 nitrogen and oxygen atoms in total. The largest absolute Gasteiger partial charge is 0.493 e. The van der Waals surface area contributed by atoms with Gasteiger partial charge in [0.2, 0.25) is 5.75 Å². The maximum absolute atomic E-state index is 11.7. The van der Waals surface area contributed by atoms with Crippen molar-refractivity contribution in [1.29, 1.82) is 0 Å². The van der Waals surface area contributed by atoms with Crippen molar-refractivity contribution in [1.82, 2.24) is 0 Å². The molecule has 1 fully saturated rings. The molecule has 4 rings (SSSR count). The maximum Gasteiger partial charge on any atom is 0.338 e. The number of cyclic esters (lactones) is 1. The molecule has 2 aromatic carbocycles. The van der Waals surface area contributed by atoms with Crippen molar-refractivity contribution in [3.63, 3.8) is 0 Å². The highest BCUT2D eigenvalue weighted by Gasteiger charge is 2.26. The standard InChI is InChI=1S/C21H22O6/c1-23-12-27-19-16(14-5-6-17-15(9-14)11-26-21(17)22)7-8-18(24-2)20(19)25-10-13-3-4-13/h5-9,13H,3-4,10-12H2,1-2H3. The van der Waals surface area contributed by atoms with Crippen molar-refractivity contribution >= 4 is 5.97 Å². The summed E-state index contributed by atoms with van der Waals surface area (Å²) in [5, 5.41) is 0. The summed E-state index contributed by atoms with van der Waals surface area (Å²) in [4.78, 5) is 11.7. The molecule has 0 aromatic heterocycles. The number of fused-ring (bicyclic) bond motifs is 1. The molecule has 2 aliphatic rings. The van der Waals surface area contributed by atoms with Crippen LogP contribution in [0.15, 0.2) is 30.3 Å². The first kappa shape index (κ1) is 17.7. The van der Waals surface area contributed by atoms with Crippen LogP contribution in [-0.2, 0) is 16.1 Å². The van der Waals surface area contributed by atoms with E-state index in [2.05, 4.69) is 0 Å². The van der Waals surface area contributed by atoms with Crippen LogP contribution in [0.25, 0.3) is 11.1 Å². The number of rotatable bonds is 8. The number of benzene rings is 2. The number of ether oxygens (including phenoxy) is 5. The molecule has 0 unspecified atom stereocenters. The van der Waals surface area contributed by atoms with Gasteiger partial charge in [-0.2, -0.15) is 0 Å².